The number of aromatic nitrogens is 4. The zero-order valence-corrected chi connectivity index (χ0v) is 17.0. The van der Waals surface area contributed by atoms with E-state index in [-0.39, 0.29) is 39.7 Å². The molecule has 4 aromatic rings. The fraction of sp³-hybridized carbons (Fsp3) is 0.105. The summed E-state index contributed by atoms with van der Waals surface area (Å²) in [7, 11) is -3.96. The fourth-order valence-corrected chi connectivity index (χ4v) is 3.48. The maximum Gasteiger partial charge on any atom is 0.265 e. The summed E-state index contributed by atoms with van der Waals surface area (Å²) < 4.78 is 29.5. The predicted molar refractivity (Wildman–Crippen MR) is 110 cm³/mol. The van der Waals surface area contributed by atoms with E-state index < -0.39 is 21.5 Å². The number of aryl methyl sites for hydroxylation is 1. The molecule has 0 radical (unpaired) electrons. The Hall–Kier alpha value is -3.90. The normalized spacial score (nSPS) is 11.5. The second-order valence-electron chi connectivity index (χ2n) is 6.63. The average molecular weight is 440 g/mol. The Kier molecular flexibility index (Phi) is 5.09. The molecule has 3 N–H and O–H groups in total. The van der Waals surface area contributed by atoms with Crippen LogP contribution in [0.1, 0.15) is 21.7 Å². The molecule has 0 aliphatic heterocycles. The molecule has 0 aliphatic carbocycles. The fourth-order valence-electron chi connectivity index (χ4n) is 3.02. The molecule has 0 saturated heterocycles. The maximum absolute atomic E-state index is 13.1. The van der Waals surface area contributed by atoms with Crippen molar-refractivity contribution in [2.24, 2.45) is 5.14 Å². The highest BCUT2D eigenvalue weighted by Crippen LogP contribution is 2.22. The molecule has 12 heteroatoms. The number of hydrogen-bond acceptors (Lipinski definition) is 8. The van der Waals surface area contributed by atoms with Gasteiger partial charge in [0.15, 0.2) is 5.03 Å². The van der Waals surface area contributed by atoms with Crippen molar-refractivity contribution in [2.75, 3.05) is 5.32 Å². The number of fused-ring (bicyclic) bond motifs is 1. The van der Waals surface area contributed by atoms with Crippen molar-refractivity contribution in [3.8, 4) is 0 Å². The third kappa shape index (κ3) is 4.06. The van der Waals surface area contributed by atoms with Gasteiger partial charge in [0.25, 0.3) is 21.5 Å². The van der Waals surface area contributed by atoms with Gasteiger partial charge in [0.1, 0.15) is 17.5 Å². The molecule has 4 heterocycles. The van der Waals surface area contributed by atoms with Gasteiger partial charge in [0.05, 0.1) is 24.0 Å². The van der Waals surface area contributed by atoms with Crippen LogP contribution in [0.2, 0.25) is 0 Å². The van der Waals surface area contributed by atoms with E-state index in [1.54, 1.807) is 31.5 Å². The minimum atomic E-state index is -3.96. The Morgan fingerprint density at radius 1 is 1.19 bits per heavy atom. The van der Waals surface area contributed by atoms with Crippen molar-refractivity contribution in [3.63, 3.8) is 0 Å². The molecular formula is C19H16N6O5S. The smallest absolute Gasteiger partial charge is 0.265 e. The summed E-state index contributed by atoms with van der Waals surface area (Å²) in [6, 6.07) is 6.03. The van der Waals surface area contributed by atoms with Crippen molar-refractivity contribution < 1.29 is 17.6 Å². The first kappa shape index (κ1) is 20.4. The highest BCUT2D eigenvalue weighted by atomic mass is 32.2. The van der Waals surface area contributed by atoms with E-state index in [2.05, 4.69) is 20.3 Å². The van der Waals surface area contributed by atoms with E-state index in [1.165, 1.54) is 17.0 Å². The van der Waals surface area contributed by atoms with Crippen LogP contribution < -0.4 is 16.0 Å². The highest BCUT2D eigenvalue weighted by Gasteiger charge is 2.23. The van der Waals surface area contributed by atoms with E-state index >= 15 is 0 Å². The zero-order valence-electron chi connectivity index (χ0n) is 16.1. The minimum absolute atomic E-state index is 0.0344. The number of furan rings is 1. The molecule has 4 aromatic heterocycles. The van der Waals surface area contributed by atoms with Gasteiger partial charge in [0, 0.05) is 12.4 Å². The lowest BCUT2D eigenvalue weighted by atomic mass is 10.1. The lowest BCUT2D eigenvalue weighted by Crippen LogP contribution is -2.23. The highest BCUT2D eigenvalue weighted by molar-refractivity contribution is 7.89. The van der Waals surface area contributed by atoms with E-state index in [4.69, 9.17) is 9.56 Å². The first-order valence-corrected chi connectivity index (χ1v) is 10.5. The maximum atomic E-state index is 13.1. The van der Waals surface area contributed by atoms with Gasteiger partial charge in [-0.3, -0.25) is 19.1 Å². The monoisotopic (exact) mass is 440 g/mol. The first-order chi connectivity index (χ1) is 14.7. The molecule has 1 amide bonds. The first-order valence-electron chi connectivity index (χ1n) is 8.91. The van der Waals surface area contributed by atoms with Crippen LogP contribution in [0.5, 0.6) is 0 Å². The van der Waals surface area contributed by atoms with Gasteiger partial charge in [-0.05, 0) is 36.8 Å². The van der Waals surface area contributed by atoms with Crippen LogP contribution in [0.3, 0.4) is 0 Å². The van der Waals surface area contributed by atoms with Gasteiger partial charge < -0.3 is 9.73 Å². The van der Waals surface area contributed by atoms with Crippen LogP contribution in [-0.2, 0) is 16.6 Å². The van der Waals surface area contributed by atoms with E-state index in [0.29, 0.717) is 0 Å². The van der Waals surface area contributed by atoms with Crippen molar-refractivity contribution in [1.29, 1.82) is 0 Å². The predicted octanol–water partition coefficient (Wildman–Crippen LogP) is 1.04. The second kappa shape index (κ2) is 7.74. The zero-order chi connectivity index (χ0) is 22.2. The number of carbonyl (C=O) groups is 1. The molecular weight excluding hydrogens is 424 g/mol. The number of rotatable bonds is 5. The number of anilines is 1. The SMILES string of the molecule is Cc1oc2ncn(Cc3ccncc3)c(=O)c2c1C(=O)Nc1ccc(S(N)(=O)=O)nc1. The Morgan fingerprint density at radius 3 is 2.58 bits per heavy atom. The third-order valence-corrected chi connectivity index (χ3v) is 5.29. The van der Waals surface area contributed by atoms with Gasteiger partial charge in [-0.2, -0.15) is 0 Å². The van der Waals surface area contributed by atoms with Crippen LogP contribution in [0.25, 0.3) is 11.1 Å². The van der Waals surface area contributed by atoms with E-state index in [1.807, 2.05) is 0 Å². The van der Waals surface area contributed by atoms with Crippen molar-refractivity contribution >= 4 is 32.7 Å². The van der Waals surface area contributed by atoms with Crippen LogP contribution >= 0.6 is 0 Å². The number of carbonyl (C=O) groups excluding carboxylic acids is 1. The number of hydrogen-bond donors (Lipinski definition) is 2. The largest absolute Gasteiger partial charge is 0.442 e. The standard InChI is InChI=1S/C19H16N6O5S/c1-11-15(17(26)24-13-2-3-14(22-8-13)31(20,28)29)16-18(30-11)23-10-25(19(16)27)9-12-4-6-21-7-5-12/h2-8,10H,9H2,1H3,(H,24,26)(H2,20,28,29). The summed E-state index contributed by atoms with van der Waals surface area (Å²) in [5, 5.41) is 7.29. The Labute approximate surface area is 175 Å². The van der Waals surface area contributed by atoms with Gasteiger partial charge >= 0.3 is 0 Å². The summed E-state index contributed by atoms with van der Waals surface area (Å²) in [5.41, 5.74) is 0.692. The summed E-state index contributed by atoms with van der Waals surface area (Å²) in [4.78, 5) is 37.8. The number of pyridine rings is 2. The van der Waals surface area contributed by atoms with E-state index in [9.17, 15) is 18.0 Å². The molecule has 0 fully saturated rings. The van der Waals surface area contributed by atoms with Gasteiger partial charge in [-0.1, -0.05) is 0 Å². The van der Waals surface area contributed by atoms with Gasteiger partial charge in [0.2, 0.25) is 5.71 Å². The molecule has 0 aromatic carbocycles. The van der Waals surface area contributed by atoms with Crippen LogP contribution in [0.4, 0.5) is 5.69 Å². The molecule has 0 atom stereocenters. The Bertz CT molecular complexity index is 1440. The van der Waals surface area contributed by atoms with Crippen molar-refractivity contribution in [1.82, 2.24) is 19.5 Å². The Morgan fingerprint density at radius 2 is 1.94 bits per heavy atom. The number of nitrogens with one attached hydrogen (secondary N) is 1. The van der Waals surface area contributed by atoms with Crippen molar-refractivity contribution in [2.45, 2.75) is 18.5 Å². The molecule has 0 spiro atoms. The lowest BCUT2D eigenvalue weighted by molar-refractivity contribution is 0.102. The van der Waals surface area contributed by atoms with Crippen LogP contribution in [0.15, 0.2) is 63.4 Å². The quantitative estimate of drug-likeness (QED) is 0.465. The number of nitrogens with zero attached hydrogens (tertiary/aromatic N) is 4. The van der Waals surface area contributed by atoms with Crippen molar-refractivity contribution in [3.05, 3.63) is 76.4 Å². The lowest BCUT2D eigenvalue weighted by Gasteiger charge is -2.07. The average Bonchev–Trinajstić information content (AvgIpc) is 3.07. The molecule has 11 nitrogen and oxygen atoms in total. The van der Waals surface area contributed by atoms with E-state index in [0.717, 1.165) is 17.8 Å². The summed E-state index contributed by atoms with van der Waals surface area (Å²) in [6.07, 6.45) is 5.73. The number of sulfonamides is 1. The molecule has 0 aliphatic rings. The van der Waals surface area contributed by atoms with Gasteiger partial charge in [-0.15, -0.1) is 0 Å². The molecule has 0 bridgehead atoms. The molecule has 0 saturated carbocycles. The van der Waals surface area contributed by atoms with Crippen LogP contribution in [0, 0.1) is 6.92 Å². The number of primary sulfonamides is 1. The molecule has 0 unspecified atom stereocenters. The van der Waals surface area contributed by atoms with Gasteiger partial charge in [-0.25, -0.2) is 23.5 Å². The number of nitrogens with two attached hydrogens (primary N) is 1. The number of amides is 1. The molecule has 158 valence electrons. The van der Waals surface area contributed by atoms with Crippen LogP contribution in [-0.4, -0.2) is 33.8 Å². The second-order valence-corrected chi connectivity index (χ2v) is 8.14. The minimum Gasteiger partial charge on any atom is -0.442 e. The summed E-state index contributed by atoms with van der Waals surface area (Å²) in [6.45, 7) is 1.79. The summed E-state index contributed by atoms with van der Waals surface area (Å²) >= 11 is 0. The molecule has 31 heavy (non-hydrogen) atoms. The molecule has 4 rings (SSSR count). The summed E-state index contributed by atoms with van der Waals surface area (Å²) in [5.74, 6) is -0.408. The topological polar surface area (TPSA) is 163 Å². The third-order valence-electron chi connectivity index (χ3n) is 4.47. The Balaban J connectivity index is 1.69.